The summed E-state index contributed by atoms with van der Waals surface area (Å²) in [6.07, 6.45) is 1.34. The zero-order chi connectivity index (χ0) is 15.4. The van der Waals surface area contributed by atoms with E-state index in [1.165, 1.54) is 13.8 Å². The van der Waals surface area contributed by atoms with Crippen molar-refractivity contribution >= 4 is 17.9 Å². The summed E-state index contributed by atoms with van der Waals surface area (Å²) in [7, 11) is 0. The number of rotatable bonds is 10. The molecule has 0 aromatic carbocycles. The van der Waals surface area contributed by atoms with Crippen molar-refractivity contribution in [2.24, 2.45) is 0 Å². The largest absolute Gasteiger partial charge is 0.462 e. The van der Waals surface area contributed by atoms with Gasteiger partial charge >= 0.3 is 17.9 Å². The summed E-state index contributed by atoms with van der Waals surface area (Å²) in [6, 6.07) is 0. The molecule has 7 nitrogen and oxygen atoms in total. The summed E-state index contributed by atoms with van der Waals surface area (Å²) >= 11 is 0. The number of carbonyl (C=O) groups excluding carboxylic acids is 3. The van der Waals surface area contributed by atoms with Crippen LogP contribution < -0.4 is 5.32 Å². The van der Waals surface area contributed by atoms with Crippen LogP contribution in [0.3, 0.4) is 0 Å². The fourth-order valence-corrected chi connectivity index (χ4v) is 1.37. The molecule has 0 aliphatic carbocycles. The Labute approximate surface area is 118 Å². The molecular weight excluding hydrogens is 266 g/mol. The van der Waals surface area contributed by atoms with Gasteiger partial charge in [0.1, 0.15) is 13.2 Å². The highest BCUT2D eigenvalue weighted by Crippen LogP contribution is 1.97. The lowest BCUT2D eigenvalue weighted by Crippen LogP contribution is -2.86. The van der Waals surface area contributed by atoms with Gasteiger partial charge in [0.25, 0.3) is 0 Å². The number of quaternary nitrogens is 1. The Morgan fingerprint density at radius 1 is 1.05 bits per heavy atom. The second kappa shape index (κ2) is 11.2. The van der Waals surface area contributed by atoms with Crippen molar-refractivity contribution in [2.45, 2.75) is 39.7 Å². The number of esters is 3. The number of nitrogens with two attached hydrogens (primary N) is 1. The average molecular weight is 290 g/mol. The van der Waals surface area contributed by atoms with Gasteiger partial charge in [-0.25, -0.2) is 4.79 Å². The summed E-state index contributed by atoms with van der Waals surface area (Å²) in [6.45, 7) is 5.41. The summed E-state index contributed by atoms with van der Waals surface area (Å²) in [5.74, 6) is -1.39. The van der Waals surface area contributed by atoms with Gasteiger partial charge in [0.05, 0.1) is 6.54 Å². The van der Waals surface area contributed by atoms with Gasteiger partial charge in [-0.3, -0.25) is 9.59 Å². The first-order valence-corrected chi connectivity index (χ1v) is 6.73. The van der Waals surface area contributed by atoms with Gasteiger partial charge in [-0.15, -0.1) is 0 Å². The first-order valence-electron chi connectivity index (χ1n) is 6.73. The summed E-state index contributed by atoms with van der Waals surface area (Å²) < 4.78 is 14.6. The van der Waals surface area contributed by atoms with E-state index in [2.05, 4.69) is 6.92 Å². The van der Waals surface area contributed by atoms with Crippen molar-refractivity contribution in [3.05, 3.63) is 0 Å². The Morgan fingerprint density at radius 2 is 1.70 bits per heavy atom. The second-order valence-electron chi connectivity index (χ2n) is 4.35. The molecule has 7 heteroatoms. The van der Waals surface area contributed by atoms with Gasteiger partial charge in [-0.05, 0) is 6.42 Å². The quantitative estimate of drug-likeness (QED) is 0.327. The van der Waals surface area contributed by atoms with Gasteiger partial charge in [-0.1, -0.05) is 13.3 Å². The third-order valence-corrected chi connectivity index (χ3v) is 2.31. The van der Waals surface area contributed by atoms with E-state index in [0.29, 0.717) is 0 Å². The molecule has 0 aromatic heterocycles. The highest BCUT2D eigenvalue weighted by atomic mass is 16.6. The molecule has 20 heavy (non-hydrogen) atoms. The van der Waals surface area contributed by atoms with Crippen LogP contribution in [0.5, 0.6) is 0 Å². The molecule has 0 spiro atoms. The van der Waals surface area contributed by atoms with E-state index in [9.17, 15) is 14.4 Å². The van der Waals surface area contributed by atoms with Crippen LogP contribution in [-0.4, -0.2) is 50.3 Å². The fourth-order valence-electron chi connectivity index (χ4n) is 1.37. The first-order chi connectivity index (χ1) is 9.45. The summed E-state index contributed by atoms with van der Waals surface area (Å²) in [5, 5.41) is 1.86. The smallest absolute Gasteiger partial charge is 0.361 e. The Kier molecular flexibility index (Phi) is 10.3. The van der Waals surface area contributed by atoms with Crippen molar-refractivity contribution in [1.29, 1.82) is 0 Å². The molecule has 0 rings (SSSR count). The zero-order valence-electron chi connectivity index (χ0n) is 12.3. The van der Waals surface area contributed by atoms with Gasteiger partial charge < -0.3 is 19.5 Å². The maximum absolute atomic E-state index is 11.4. The summed E-state index contributed by atoms with van der Waals surface area (Å²) in [4.78, 5) is 33.0. The maximum Gasteiger partial charge on any atom is 0.361 e. The predicted molar refractivity (Wildman–Crippen MR) is 69.7 cm³/mol. The van der Waals surface area contributed by atoms with Crippen LogP contribution in [0.2, 0.25) is 0 Å². The monoisotopic (exact) mass is 290 g/mol. The summed E-state index contributed by atoms with van der Waals surface area (Å²) in [5.41, 5.74) is 0. The molecule has 0 heterocycles. The fraction of sp³-hybridized carbons (Fsp3) is 0.769. The standard InChI is InChI=1S/C13H23NO6/c1-4-5-6-14-7-13(17)19-9-12(20-11(3)16)8-18-10(2)15/h12,14H,4-9H2,1-3H3/p+1. The van der Waals surface area contributed by atoms with Crippen molar-refractivity contribution in [1.82, 2.24) is 0 Å². The average Bonchev–Trinajstić information content (AvgIpc) is 2.37. The van der Waals surface area contributed by atoms with Crippen molar-refractivity contribution in [3.8, 4) is 0 Å². The van der Waals surface area contributed by atoms with Crippen molar-refractivity contribution in [2.75, 3.05) is 26.3 Å². The topological polar surface area (TPSA) is 95.5 Å². The van der Waals surface area contributed by atoms with E-state index in [-0.39, 0.29) is 25.7 Å². The highest BCUT2D eigenvalue weighted by Gasteiger charge is 2.17. The predicted octanol–water partition coefficient (Wildman–Crippen LogP) is -0.612. The molecule has 0 saturated carbocycles. The second-order valence-corrected chi connectivity index (χ2v) is 4.35. The SMILES string of the molecule is CCCC[NH2+]CC(=O)OCC(COC(C)=O)OC(C)=O. The molecule has 0 fully saturated rings. The minimum absolute atomic E-state index is 0.118. The Bertz CT molecular complexity index is 318. The van der Waals surface area contributed by atoms with Crippen LogP contribution in [0, 0.1) is 0 Å². The van der Waals surface area contributed by atoms with Gasteiger partial charge in [0.15, 0.2) is 12.6 Å². The molecule has 1 unspecified atom stereocenters. The van der Waals surface area contributed by atoms with Crippen LogP contribution >= 0.6 is 0 Å². The molecule has 2 N–H and O–H groups in total. The Hall–Kier alpha value is -1.63. The first kappa shape index (κ1) is 18.4. The number of hydrogen-bond acceptors (Lipinski definition) is 6. The molecule has 0 saturated heterocycles. The van der Waals surface area contributed by atoms with Gasteiger partial charge in [0, 0.05) is 13.8 Å². The van der Waals surface area contributed by atoms with E-state index in [1.807, 2.05) is 5.32 Å². The zero-order valence-corrected chi connectivity index (χ0v) is 12.3. The molecule has 0 aliphatic rings. The molecular formula is C13H24NO6+. The molecule has 0 aliphatic heterocycles. The lowest BCUT2D eigenvalue weighted by atomic mass is 10.3. The van der Waals surface area contributed by atoms with Crippen LogP contribution in [0.15, 0.2) is 0 Å². The van der Waals surface area contributed by atoms with Crippen molar-refractivity contribution < 1.29 is 33.9 Å². The molecule has 0 radical (unpaired) electrons. The molecule has 116 valence electrons. The maximum atomic E-state index is 11.4. The number of carbonyl (C=O) groups is 3. The van der Waals surface area contributed by atoms with Gasteiger partial charge in [0.2, 0.25) is 0 Å². The van der Waals surface area contributed by atoms with E-state index >= 15 is 0 Å². The van der Waals surface area contributed by atoms with Crippen LogP contribution in [-0.2, 0) is 28.6 Å². The molecule has 0 aromatic rings. The van der Waals surface area contributed by atoms with Crippen LogP contribution in [0.1, 0.15) is 33.6 Å². The normalized spacial score (nSPS) is 11.6. The number of ether oxygens (including phenoxy) is 3. The van der Waals surface area contributed by atoms with E-state index in [4.69, 9.17) is 14.2 Å². The molecule has 0 bridgehead atoms. The number of unbranched alkanes of at least 4 members (excludes halogenated alkanes) is 1. The third kappa shape index (κ3) is 11.5. The Morgan fingerprint density at radius 3 is 2.25 bits per heavy atom. The molecule has 0 amide bonds. The van der Waals surface area contributed by atoms with Gasteiger partial charge in [-0.2, -0.15) is 0 Å². The van der Waals surface area contributed by atoms with E-state index < -0.39 is 18.0 Å². The van der Waals surface area contributed by atoms with Crippen molar-refractivity contribution in [3.63, 3.8) is 0 Å². The van der Waals surface area contributed by atoms with Crippen LogP contribution in [0.25, 0.3) is 0 Å². The molecule has 1 atom stereocenters. The van der Waals surface area contributed by atoms with Crippen LogP contribution in [0.4, 0.5) is 0 Å². The lowest BCUT2D eigenvalue weighted by molar-refractivity contribution is -0.645. The van der Waals surface area contributed by atoms with E-state index in [0.717, 1.165) is 19.4 Å². The number of hydrogen-bond donors (Lipinski definition) is 1. The van der Waals surface area contributed by atoms with E-state index in [1.54, 1.807) is 0 Å². The minimum atomic E-state index is -0.768. The minimum Gasteiger partial charge on any atom is -0.462 e. The third-order valence-electron chi connectivity index (χ3n) is 2.31. The highest BCUT2D eigenvalue weighted by molar-refractivity contribution is 5.70. The Balaban J connectivity index is 3.94. The lowest BCUT2D eigenvalue weighted by Gasteiger charge is -2.16.